The van der Waals surface area contributed by atoms with Crippen LogP contribution in [0.25, 0.3) is 10.6 Å². The Morgan fingerprint density at radius 1 is 1.46 bits per heavy atom. The van der Waals surface area contributed by atoms with Crippen LogP contribution in [0.15, 0.2) is 23.6 Å². The Kier molecular flexibility index (Phi) is 3.85. The van der Waals surface area contributed by atoms with Crippen LogP contribution < -0.4 is 16.0 Å². The number of hydrogen-bond donors (Lipinski definition) is 3. The minimum Gasteiger partial charge on any atom is -0.322 e. The van der Waals surface area contributed by atoms with E-state index in [2.05, 4.69) is 21.0 Å². The van der Waals surface area contributed by atoms with Crippen LogP contribution in [-0.2, 0) is 9.59 Å². The average molecular weight is 345 g/mol. The SMILES string of the molecule is CC1CC(=O)NC(n2nc(-c3cccs3)cc2NC(=O)C2CC2)N1. The van der Waals surface area contributed by atoms with Crippen molar-refractivity contribution in [2.45, 2.75) is 38.5 Å². The molecule has 3 heterocycles. The van der Waals surface area contributed by atoms with Gasteiger partial charge in [-0.05, 0) is 31.2 Å². The standard InChI is InChI=1S/C16H19N5O2S/c1-9-7-14(22)19-16(17-9)21-13(18-15(23)10-4-5-10)8-11(20-21)12-3-2-6-24-12/h2-3,6,8-10,16-17H,4-5,7H2,1H3,(H,18,23)(H,19,22). The molecule has 2 aromatic rings. The minimum atomic E-state index is -0.468. The number of carbonyl (C=O) groups excluding carboxylic acids is 2. The van der Waals surface area contributed by atoms with E-state index in [0.29, 0.717) is 12.2 Å². The number of nitrogens with one attached hydrogen (secondary N) is 3. The van der Waals surface area contributed by atoms with Gasteiger partial charge in [0.2, 0.25) is 11.8 Å². The lowest BCUT2D eigenvalue weighted by molar-refractivity contribution is -0.125. The van der Waals surface area contributed by atoms with Gasteiger partial charge in [0, 0.05) is 24.4 Å². The number of rotatable bonds is 4. The van der Waals surface area contributed by atoms with Crippen molar-refractivity contribution in [3.63, 3.8) is 0 Å². The second-order valence-corrected chi connectivity index (χ2v) is 7.29. The van der Waals surface area contributed by atoms with Crippen molar-refractivity contribution < 1.29 is 9.59 Å². The predicted molar refractivity (Wildman–Crippen MR) is 91.3 cm³/mol. The quantitative estimate of drug-likeness (QED) is 0.790. The summed E-state index contributed by atoms with van der Waals surface area (Å²) in [5.41, 5.74) is 0.783. The van der Waals surface area contributed by atoms with Gasteiger partial charge in [-0.2, -0.15) is 5.10 Å². The average Bonchev–Trinajstić information content (AvgIpc) is 3.08. The maximum Gasteiger partial charge on any atom is 0.228 e. The van der Waals surface area contributed by atoms with Crippen LogP contribution in [-0.4, -0.2) is 27.6 Å². The lowest BCUT2D eigenvalue weighted by Gasteiger charge is -2.30. The van der Waals surface area contributed by atoms with Crippen LogP contribution in [0.4, 0.5) is 5.82 Å². The summed E-state index contributed by atoms with van der Waals surface area (Å²) in [7, 11) is 0. The highest BCUT2D eigenvalue weighted by Gasteiger charge is 2.32. The number of carbonyl (C=O) groups is 2. The number of aromatic nitrogens is 2. The maximum atomic E-state index is 12.2. The van der Waals surface area contributed by atoms with Crippen LogP contribution in [0.5, 0.6) is 0 Å². The van der Waals surface area contributed by atoms with Crippen molar-refractivity contribution in [3.8, 4) is 10.6 Å². The van der Waals surface area contributed by atoms with Crippen LogP contribution in [0.3, 0.4) is 0 Å². The third-order valence-corrected chi connectivity index (χ3v) is 5.08. The van der Waals surface area contributed by atoms with Gasteiger partial charge in [0.15, 0.2) is 6.29 Å². The third-order valence-electron chi connectivity index (χ3n) is 4.19. The highest BCUT2D eigenvalue weighted by atomic mass is 32.1. The van der Waals surface area contributed by atoms with Gasteiger partial charge in [0.05, 0.1) is 4.88 Å². The molecule has 2 unspecified atom stereocenters. The molecule has 0 radical (unpaired) electrons. The summed E-state index contributed by atoms with van der Waals surface area (Å²) >= 11 is 1.59. The molecule has 8 heteroatoms. The lowest BCUT2D eigenvalue weighted by Crippen LogP contribution is -2.52. The fraction of sp³-hybridized carbons (Fsp3) is 0.438. The molecule has 7 nitrogen and oxygen atoms in total. The Bertz CT molecular complexity index is 766. The Hall–Kier alpha value is -2.19. The van der Waals surface area contributed by atoms with Crippen LogP contribution in [0.1, 0.15) is 32.5 Å². The highest BCUT2D eigenvalue weighted by molar-refractivity contribution is 7.13. The third kappa shape index (κ3) is 3.07. The molecule has 2 fully saturated rings. The van der Waals surface area contributed by atoms with Crippen molar-refractivity contribution in [1.29, 1.82) is 0 Å². The molecule has 2 amide bonds. The van der Waals surface area contributed by atoms with Gasteiger partial charge in [-0.25, -0.2) is 4.68 Å². The Morgan fingerprint density at radius 3 is 2.96 bits per heavy atom. The van der Waals surface area contributed by atoms with Crippen molar-refractivity contribution in [2.75, 3.05) is 5.32 Å². The van der Waals surface area contributed by atoms with Gasteiger partial charge >= 0.3 is 0 Å². The summed E-state index contributed by atoms with van der Waals surface area (Å²) in [6.07, 6.45) is 1.84. The molecular weight excluding hydrogens is 326 g/mol. The van der Waals surface area contributed by atoms with Gasteiger partial charge < -0.3 is 10.6 Å². The zero-order valence-electron chi connectivity index (χ0n) is 13.3. The molecule has 24 heavy (non-hydrogen) atoms. The molecule has 1 aliphatic heterocycles. The molecule has 1 saturated carbocycles. The molecule has 3 N–H and O–H groups in total. The van der Waals surface area contributed by atoms with Crippen LogP contribution >= 0.6 is 11.3 Å². The first kappa shape index (κ1) is 15.3. The Morgan fingerprint density at radius 2 is 2.29 bits per heavy atom. The van der Waals surface area contributed by atoms with Gasteiger partial charge in [-0.1, -0.05) is 6.07 Å². The van der Waals surface area contributed by atoms with Gasteiger partial charge in [-0.15, -0.1) is 11.3 Å². The largest absolute Gasteiger partial charge is 0.322 e. The summed E-state index contributed by atoms with van der Waals surface area (Å²) in [4.78, 5) is 25.1. The van der Waals surface area contributed by atoms with E-state index in [1.54, 1.807) is 16.0 Å². The van der Waals surface area contributed by atoms with Crippen molar-refractivity contribution in [2.24, 2.45) is 5.92 Å². The Labute approximate surface area is 143 Å². The summed E-state index contributed by atoms with van der Waals surface area (Å²) in [5, 5.41) is 15.7. The van der Waals surface area contributed by atoms with Gasteiger partial charge in [0.1, 0.15) is 11.5 Å². The molecule has 126 valence electrons. The summed E-state index contributed by atoms with van der Waals surface area (Å²) in [5.74, 6) is 0.691. The number of amides is 2. The van der Waals surface area contributed by atoms with E-state index in [9.17, 15) is 9.59 Å². The van der Waals surface area contributed by atoms with E-state index in [0.717, 1.165) is 23.4 Å². The van der Waals surface area contributed by atoms with Gasteiger partial charge in [0.25, 0.3) is 0 Å². The molecule has 0 aromatic carbocycles. The molecular formula is C16H19N5O2S. The number of nitrogens with zero attached hydrogens (tertiary/aromatic N) is 2. The first-order chi connectivity index (χ1) is 11.6. The summed E-state index contributed by atoms with van der Waals surface area (Å²) < 4.78 is 1.66. The first-order valence-electron chi connectivity index (χ1n) is 8.10. The smallest absolute Gasteiger partial charge is 0.228 e. The van der Waals surface area contributed by atoms with E-state index >= 15 is 0 Å². The number of thiophene rings is 1. The number of anilines is 1. The van der Waals surface area contributed by atoms with E-state index in [1.807, 2.05) is 30.5 Å². The molecule has 4 rings (SSSR count). The fourth-order valence-corrected chi connectivity index (χ4v) is 3.48. The normalized spacial score (nSPS) is 23.8. The lowest BCUT2D eigenvalue weighted by atomic mass is 10.2. The van der Waals surface area contributed by atoms with Crippen molar-refractivity contribution >= 4 is 29.0 Å². The van der Waals surface area contributed by atoms with Crippen molar-refractivity contribution in [1.82, 2.24) is 20.4 Å². The monoisotopic (exact) mass is 345 g/mol. The molecule has 1 aliphatic carbocycles. The van der Waals surface area contributed by atoms with Crippen LogP contribution in [0.2, 0.25) is 0 Å². The minimum absolute atomic E-state index is 0.0177. The number of hydrogen-bond acceptors (Lipinski definition) is 5. The fourth-order valence-electron chi connectivity index (χ4n) is 2.79. The molecule has 0 spiro atoms. The molecule has 2 atom stereocenters. The first-order valence-corrected chi connectivity index (χ1v) is 8.98. The van der Waals surface area contributed by atoms with E-state index in [-0.39, 0.29) is 23.8 Å². The maximum absolute atomic E-state index is 12.2. The molecule has 1 saturated heterocycles. The molecule has 2 aromatic heterocycles. The van der Waals surface area contributed by atoms with Crippen LogP contribution in [0, 0.1) is 5.92 Å². The molecule has 2 aliphatic rings. The summed E-state index contributed by atoms with van der Waals surface area (Å²) in [6, 6.07) is 5.85. The molecule has 0 bridgehead atoms. The predicted octanol–water partition coefficient (Wildman–Crippen LogP) is 1.91. The van der Waals surface area contributed by atoms with E-state index in [1.165, 1.54) is 0 Å². The zero-order valence-corrected chi connectivity index (χ0v) is 14.1. The highest BCUT2D eigenvalue weighted by Crippen LogP contribution is 2.32. The Balaban J connectivity index is 1.67. The van der Waals surface area contributed by atoms with Crippen molar-refractivity contribution in [3.05, 3.63) is 23.6 Å². The van der Waals surface area contributed by atoms with E-state index < -0.39 is 6.29 Å². The summed E-state index contributed by atoms with van der Waals surface area (Å²) in [6.45, 7) is 1.96. The second kappa shape index (κ2) is 6.03. The van der Waals surface area contributed by atoms with Gasteiger partial charge in [-0.3, -0.25) is 14.9 Å². The zero-order chi connectivity index (χ0) is 16.7. The second-order valence-electron chi connectivity index (χ2n) is 6.34. The topological polar surface area (TPSA) is 88.1 Å². The van der Waals surface area contributed by atoms with E-state index in [4.69, 9.17) is 0 Å².